The van der Waals surface area contributed by atoms with Crippen LogP contribution in [0.5, 0.6) is 0 Å². The molecule has 0 saturated carbocycles. The van der Waals surface area contributed by atoms with Gasteiger partial charge in [0.05, 0.1) is 17.9 Å². The van der Waals surface area contributed by atoms with Crippen molar-refractivity contribution in [1.82, 2.24) is 10.4 Å². The zero-order chi connectivity index (χ0) is 11.3. The van der Waals surface area contributed by atoms with E-state index < -0.39 is 0 Å². The largest absolute Gasteiger partial charge is 0.271 e. The van der Waals surface area contributed by atoms with Gasteiger partial charge in [-0.15, -0.1) is 0 Å². The summed E-state index contributed by atoms with van der Waals surface area (Å²) in [6.45, 7) is 4.32. The van der Waals surface area contributed by atoms with Gasteiger partial charge in [0.2, 0.25) is 0 Å². The third kappa shape index (κ3) is 3.93. The molecule has 1 unspecified atom stereocenters. The summed E-state index contributed by atoms with van der Waals surface area (Å²) >= 11 is 0. The van der Waals surface area contributed by atoms with Gasteiger partial charge < -0.3 is 0 Å². The van der Waals surface area contributed by atoms with Crippen LogP contribution in [-0.4, -0.2) is 4.98 Å². The van der Waals surface area contributed by atoms with Crippen LogP contribution in [0.25, 0.3) is 0 Å². The maximum atomic E-state index is 12.7. The van der Waals surface area contributed by atoms with Crippen LogP contribution in [0.15, 0.2) is 18.3 Å². The summed E-state index contributed by atoms with van der Waals surface area (Å²) in [4.78, 5) is 4.01. The predicted molar refractivity (Wildman–Crippen MR) is 58.3 cm³/mol. The van der Waals surface area contributed by atoms with E-state index in [9.17, 15) is 4.39 Å². The first-order valence-electron chi connectivity index (χ1n) is 5.21. The predicted octanol–water partition coefficient (Wildman–Crippen LogP) is 2.16. The Kier molecular flexibility index (Phi) is 4.65. The molecule has 0 aliphatic heterocycles. The van der Waals surface area contributed by atoms with Crippen LogP contribution in [-0.2, 0) is 0 Å². The van der Waals surface area contributed by atoms with Gasteiger partial charge in [-0.1, -0.05) is 13.8 Å². The molecule has 0 bridgehead atoms. The minimum absolute atomic E-state index is 0.00741. The Morgan fingerprint density at radius 2 is 2.13 bits per heavy atom. The van der Waals surface area contributed by atoms with Crippen molar-refractivity contribution in [2.75, 3.05) is 0 Å². The van der Waals surface area contributed by atoms with Gasteiger partial charge in [0.25, 0.3) is 0 Å². The van der Waals surface area contributed by atoms with Gasteiger partial charge in [0.15, 0.2) is 0 Å². The van der Waals surface area contributed by atoms with Crippen molar-refractivity contribution in [3.05, 3.63) is 29.8 Å². The summed E-state index contributed by atoms with van der Waals surface area (Å²) in [5.41, 5.74) is 3.50. The minimum atomic E-state index is -0.321. The molecule has 0 saturated heterocycles. The molecule has 0 radical (unpaired) electrons. The van der Waals surface area contributed by atoms with Gasteiger partial charge in [-0.3, -0.25) is 16.3 Å². The highest BCUT2D eigenvalue weighted by atomic mass is 19.1. The van der Waals surface area contributed by atoms with Crippen molar-refractivity contribution in [2.45, 2.75) is 32.7 Å². The topological polar surface area (TPSA) is 50.9 Å². The Bertz CT molecular complexity index is 284. The van der Waals surface area contributed by atoms with E-state index in [0.29, 0.717) is 5.92 Å². The molecule has 1 aromatic rings. The van der Waals surface area contributed by atoms with Crippen LogP contribution in [0, 0.1) is 11.7 Å². The maximum absolute atomic E-state index is 12.7. The van der Waals surface area contributed by atoms with Crippen molar-refractivity contribution >= 4 is 0 Å². The molecule has 0 spiro atoms. The fourth-order valence-corrected chi connectivity index (χ4v) is 1.41. The molecule has 1 aromatic heterocycles. The summed E-state index contributed by atoms with van der Waals surface area (Å²) in [6, 6.07) is 3.08. The molecule has 0 aliphatic carbocycles. The number of nitrogens with two attached hydrogens (primary N) is 1. The van der Waals surface area contributed by atoms with Crippen LogP contribution >= 0.6 is 0 Å². The zero-order valence-electron chi connectivity index (χ0n) is 9.20. The van der Waals surface area contributed by atoms with Crippen LogP contribution in [0.4, 0.5) is 4.39 Å². The average Bonchev–Trinajstić information content (AvgIpc) is 2.21. The number of nitrogens with zero attached hydrogens (tertiary/aromatic N) is 1. The molecule has 3 nitrogen and oxygen atoms in total. The van der Waals surface area contributed by atoms with Gasteiger partial charge in [-0.25, -0.2) is 4.39 Å². The summed E-state index contributed by atoms with van der Waals surface area (Å²) in [5, 5.41) is 0. The Morgan fingerprint density at radius 3 is 2.60 bits per heavy atom. The van der Waals surface area contributed by atoms with E-state index in [1.807, 2.05) is 0 Å². The van der Waals surface area contributed by atoms with Crippen LogP contribution in [0.2, 0.25) is 0 Å². The second-order valence-corrected chi connectivity index (χ2v) is 4.09. The molecular weight excluding hydrogens is 193 g/mol. The molecular formula is C11H18FN3. The average molecular weight is 211 g/mol. The molecule has 1 heterocycles. The standard InChI is InChI=1S/C11H18FN3/c1-8(2)3-5-11(15-13)10-6-4-9(12)7-14-10/h4,6-8,11,15H,3,5,13H2,1-2H3. The molecule has 15 heavy (non-hydrogen) atoms. The van der Waals surface area contributed by atoms with Gasteiger partial charge in [-0.2, -0.15) is 0 Å². The molecule has 3 N–H and O–H groups in total. The summed E-state index contributed by atoms with van der Waals surface area (Å²) in [7, 11) is 0. The van der Waals surface area contributed by atoms with Crippen molar-refractivity contribution in [1.29, 1.82) is 0 Å². The quantitative estimate of drug-likeness (QED) is 0.579. The molecule has 0 aromatic carbocycles. The van der Waals surface area contributed by atoms with E-state index in [4.69, 9.17) is 5.84 Å². The number of nitrogens with one attached hydrogen (secondary N) is 1. The summed E-state index contributed by atoms with van der Waals surface area (Å²) < 4.78 is 12.7. The number of hydrazine groups is 1. The van der Waals surface area contributed by atoms with Crippen molar-refractivity contribution in [3.8, 4) is 0 Å². The maximum Gasteiger partial charge on any atom is 0.141 e. The lowest BCUT2D eigenvalue weighted by Crippen LogP contribution is -2.28. The fraction of sp³-hybridized carbons (Fsp3) is 0.545. The molecule has 4 heteroatoms. The number of halogens is 1. The van der Waals surface area contributed by atoms with E-state index >= 15 is 0 Å². The second kappa shape index (κ2) is 5.78. The van der Waals surface area contributed by atoms with Crippen LogP contribution in [0.1, 0.15) is 38.4 Å². The van der Waals surface area contributed by atoms with E-state index in [1.165, 1.54) is 12.3 Å². The third-order valence-corrected chi connectivity index (χ3v) is 2.34. The smallest absolute Gasteiger partial charge is 0.141 e. The summed E-state index contributed by atoms with van der Waals surface area (Å²) in [5.74, 6) is 5.75. The van der Waals surface area contributed by atoms with E-state index in [-0.39, 0.29) is 11.9 Å². The number of aromatic nitrogens is 1. The molecule has 1 rings (SSSR count). The Morgan fingerprint density at radius 1 is 1.40 bits per heavy atom. The van der Waals surface area contributed by atoms with E-state index in [0.717, 1.165) is 18.5 Å². The lowest BCUT2D eigenvalue weighted by molar-refractivity contribution is 0.440. The monoisotopic (exact) mass is 211 g/mol. The van der Waals surface area contributed by atoms with Crippen LogP contribution < -0.4 is 11.3 Å². The van der Waals surface area contributed by atoms with Crippen molar-refractivity contribution in [3.63, 3.8) is 0 Å². The molecule has 1 atom stereocenters. The van der Waals surface area contributed by atoms with Gasteiger partial charge >= 0.3 is 0 Å². The SMILES string of the molecule is CC(C)CCC(NN)c1ccc(F)cn1. The van der Waals surface area contributed by atoms with E-state index in [2.05, 4.69) is 24.3 Å². The van der Waals surface area contributed by atoms with Crippen molar-refractivity contribution in [2.24, 2.45) is 11.8 Å². The van der Waals surface area contributed by atoms with E-state index in [1.54, 1.807) is 6.07 Å². The Hall–Kier alpha value is -1.00. The highest BCUT2D eigenvalue weighted by Gasteiger charge is 2.11. The molecule has 84 valence electrons. The van der Waals surface area contributed by atoms with Gasteiger partial charge in [0.1, 0.15) is 5.82 Å². The zero-order valence-corrected chi connectivity index (χ0v) is 9.20. The molecule has 0 aliphatic rings. The molecule has 0 amide bonds. The lowest BCUT2D eigenvalue weighted by Gasteiger charge is -2.16. The third-order valence-electron chi connectivity index (χ3n) is 2.34. The highest BCUT2D eigenvalue weighted by Crippen LogP contribution is 2.18. The van der Waals surface area contributed by atoms with Crippen molar-refractivity contribution < 1.29 is 4.39 Å². The van der Waals surface area contributed by atoms with Gasteiger partial charge in [0, 0.05) is 0 Å². The first kappa shape index (κ1) is 12.1. The number of hydrogen-bond acceptors (Lipinski definition) is 3. The fourth-order valence-electron chi connectivity index (χ4n) is 1.41. The number of rotatable bonds is 5. The first-order chi connectivity index (χ1) is 7.13. The highest BCUT2D eigenvalue weighted by molar-refractivity contribution is 5.09. The lowest BCUT2D eigenvalue weighted by atomic mass is 10.0. The first-order valence-corrected chi connectivity index (χ1v) is 5.21. The Balaban J connectivity index is 2.61. The number of hydrogen-bond donors (Lipinski definition) is 2. The molecule has 0 fully saturated rings. The normalized spacial score (nSPS) is 13.1. The van der Waals surface area contributed by atoms with Crippen LogP contribution in [0.3, 0.4) is 0 Å². The number of pyridine rings is 1. The summed E-state index contributed by atoms with van der Waals surface area (Å²) in [6.07, 6.45) is 3.19. The minimum Gasteiger partial charge on any atom is -0.271 e. The second-order valence-electron chi connectivity index (χ2n) is 4.09. The van der Waals surface area contributed by atoms with Gasteiger partial charge in [-0.05, 0) is 30.9 Å². The Labute approximate surface area is 89.9 Å².